The second-order valence-electron chi connectivity index (χ2n) is 6.82. The van der Waals surface area contributed by atoms with E-state index in [0.717, 1.165) is 31.5 Å². The number of nitrogens with one attached hydrogen (secondary N) is 1. The van der Waals surface area contributed by atoms with Crippen LogP contribution >= 0.6 is 24.0 Å². The summed E-state index contributed by atoms with van der Waals surface area (Å²) in [5.41, 5.74) is 1.87. The van der Waals surface area contributed by atoms with E-state index in [4.69, 9.17) is 5.26 Å². The maximum Gasteiger partial charge on any atom is 0.193 e. The smallest absolute Gasteiger partial charge is 0.193 e. The second-order valence-corrected chi connectivity index (χ2v) is 6.82. The number of nitrogens with zero attached hydrogens (tertiary/aromatic N) is 4. The van der Waals surface area contributed by atoms with Crippen molar-refractivity contribution in [2.45, 2.75) is 25.8 Å². The Bertz CT molecular complexity index is 601. The zero-order valence-corrected chi connectivity index (χ0v) is 17.3. The summed E-state index contributed by atoms with van der Waals surface area (Å²) < 4.78 is 0. The molecule has 2 aliphatic rings. The Kier molecular flexibility index (Phi) is 7.97. The van der Waals surface area contributed by atoms with Crippen LogP contribution in [-0.4, -0.2) is 55.5 Å². The fraction of sp³-hybridized carbons (Fsp3) is 0.579. The highest BCUT2D eigenvalue weighted by molar-refractivity contribution is 14.0. The lowest BCUT2D eigenvalue weighted by atomic mass is 10.1. The average molecular weight is 453 g/mol. The van der Waals surface area contributed by atoms with E-state index in [1.807, 2.05) is 31.3 Å². The van der Waals surface area contributed by atoms with Gasteiger partial charge in [0.25, 0.3) is 0 Å². The molecule has 2 heterocycles. The lowest BCUT2D eigenvalue weighted by Gasteiger charge is -2.23. The number of guanidine groups is 1. The summed E-state index contributed by atoms with van der Waals surface area (Å²) in [5.74, 6) is 1.75. The van der Waals surface area contributed by atoms with Crippen molar-refractivity contribution in [3.8, 4) is 6.07 Å². The fourth-order valence-corrected chi connectivity index (χ4v) is 3.71. The van der Waals surface area contributed by atoms with Crippen molar-refractivity contribution < 1.29 is 0 Å². The van der Waals surface area contributed by atoms with Crippen molar-refractivity contribution >= 4 is 29.9 Å². The molecule has 0 spiro atoms. The van der Waals surface area contributed by atoms with Gasteiger partial charge in [-0.05, 0) is 56.0 Å². The number of benzene rings is 1. The van der Waals surface area contributed by atoms with Gasteiger partial charge in [0.2, 0.25) is 0 Å². The third kappa shape index (κ3) is 5.58. The third-order valence-corrected chi connectivity index (χ3v) is 5.05. The number of aliphatic imine (C=N–C) groups is 1. The molecule has 1 unspecified atom stereocenters. The summed E-state index contributed by atoms with van der Waals surface area (Å²) in [6, 6.07) is 9.88. The van der Waals surface area contributed by atoms with Gasteiger partial charge in [-0.15, -0.1) is 24.0 Å². The predicted octanol–water partition coefficient (Wildman–Crippen LogP) is 2.67. The quantitative estimate of drug-likeness (QED) is 0.433. The van der Waals surface area contributed by atoms with Crippen LogP contribution in [0.1, 0.15) is 30.4 Å². The van der Waals surface area contributed by atoms with Gasteiger partial charge in [0.05, 0.1) is 11.6 Å². The van der Waals surface area contributed by atoms with Gasteiger partial charge in [-0.25, -0.2) is 0 Å². The molecular weight excluding hydrogens is 425 g/mol. The van der Waals surface area contributed by atoms with Gasteiger partial charge in [-0.2, -0.15) is 5.26 Å². The summed E-state index contributed by atoms with van der Waals surface area (Å²) in [7, 11) is 1.86. The van der Waals surface area contributed by atoms with Gasteiger partial charge < -0.3 is 15.1 Å². The molecule has 0 saturated carbocycles. The molecule has 2 fully saturated rings. The summed E-state index contributed by atoms with van der Waals surface area (Å²) >= 11 is 0. The first kappa shape index (κ1) is 20.0. The number of likely N-dealkylation sites (tertiary alicyclic amines) is 2. The molecule has 1 aromatic carbocycles. The summed E-state index contributed by atoms with van der Waals surface area (Å²) in [5, 5.41) is 12.3. The minimum atomic E-state index is 0. The van der Waals surface area contributed by atoms with Crippen LogP contribution in [0.2, 0.25) is 0 Å². The Balaban J connectivity index is 0.00000225. The Labute approximate surface area is 168 Å². The number of hydrogen-bond donors (Lipinski definition) is 1. The molecule has 0 amide bonds. The topological polar surface area (TPSA) is 54.7 Å². The molecule has 1 atom stereocenters. The van der Waals surface area contributed by atoms with Crippen molar-refractivity contribution in [2.75, 3.05) is 39.8 Å². The molecule has 6 heteroatoms. The maximum absolute atomic E-state index is 8.86. The highest BCUT2D eigenvalue weighted by atomic mass is 127. The lowest BCUT2D eigenvalue weighted by Crippen LogP contribution is -2.40. The van der Waals surface area contributed by atoms with Crippen LogP contribution < -0.4 is 5.32 Å². The minimum Gasteiger partial charge on any atom is -0.352 e. The second kappa shape index (κ2) is 9.97. The van der Waals surface area contributed by atoms with Gasteiger partial charge in [-0.3, -0.25) is 4.99 Å². The van der Waals surface area contributed by atoms with Gasteiger partial charge >= 0.3 is 0 Å². The van der Waals surface area contributed by atoms with Gasteiger partial charge in [0.1, 0.15) is 0 Å². The number of rotatable bonds is 4. The van der Waals surface area contributed by atoms with Crippen molar-refractivity contribution in [3.05, 3.63) is 35.4 Å². The highest BCUT2D eigenvalue weighted by Crippen LogP contribution is 2.20. The monoisotopic (exact) mass is 453 g/mol. The van der Waals surface area contributed by atoms with Crippen LogP contribution in [0.15, 0.2) is 29.3 Å². The zero-order valence-electron chi connectivity index (χ0n) is 14.9. The third-order valence-electron chi connectivity index (χ3n) is 5.05. The summed E-state index contributed by atoms with van der Waals surface area (Å²) in [6.07, 6.45) is 3.99. The van der Waals surface area contributed by atoms with E-state index < -0.39 is 0 Å². The number of halogens is 1. The van der Waals surface area contributed by atoms with Crippen LogP contribution in [0, 0.1) is 17.2 Å². The molecule has 136 valence electrons. The van der Waals surface area contributed by atoms with Crippen LogP contribution in [0.25, 0.3) is 0 Å². The normalized spacial score (nSPS) is 21.0. The van der Waals surface area contributed by atoms with E-state index in [1.54, 1.807) is 0 Å². The standard InChI is InChI=1S/C19H27N5.HI/c1-21-19(22-13-17-6-4-16(12-20)5-7-17)24-11-8-18(15-24)14-23-9-2-3-10-23;/h4-7,18H,2-3,8-11,13-15H2,1H3,(H,21,22);1H. The molecule has 2 saturated heterocycles. The SMILES string of the molecule is CN=C(NCc1ccc(C#N)cc1)N1CCC(CN2CCCC2)C1.I. The van der Waals surface area contributed by atoms with Crippen LogP contribution in [0.4, 0.5) is 0 Å². The molecule has 2 aliphatic heterocycles. The Morgan fingerprint density at radius 1 is 1.24 bits per heavy atom. The largest absolute Gasteiger partial charge is 0.352 e. The van der Waals surface area contributed by atoms with Crippen LogP contribution in [0.5, 0.6) is 0 Å². The van der Waals surface area contributed by atoms with Gasteiger partial charge in [0, 0.05) is 33.2 Å². The molecule has 0 aromatic heterocycles. The maximum atomic E-state index is 8.86. The molecule has 0 bridgehead atoms. The average Bonchev–Trinajstić information content (AvgIpc) is 3.29. The van der Waals surface area contributed by atoms with Crippen molar-refractivity contribution in [1.82, 2.24) is 15.1 Å². The van der Waals surface area contributed by atoms with Crippen molar-refractivity contribution in [3.63, 3.8) is 0 Å². The first-order valence-electron chi connectivity index (χ1n) is 8.95. The van der Waals surface area contributed by atoms with Crippen molar-refractivity contribution in [2.24, 2.45) is 10.9 Å². The zero-order chi connectivity index (χ0) is 16.8. The van der Waals surface area contributed by atoms with E-state index in [-0.39, 0.29) is 24.0 Å². The molecule has 0 radical (unpaired) electrons. The van der Waals surface area contributed by atoms with Crippen LogP contribution in [0.3, 0.4) is 0 Å². The van der Waals surface area contributed by atoms with E-state index in [9.17, 15) is 0 Å². The first-order valence-corrected chi connectivity index (χ1v) is 8.95. The summed E-state index contributed by atoms with van der Waals surface area (Å²) in [4.78, 5) is 9.44. The predicted molar refractivity (Wildman–Crippen MR) is 112 cm³/mol. The fourth-order valence-electron chi connectivity index (χ4n) is 3.71. The highest BCUT2D eigenvalue weighted by Gasteiger charge is 2.27. The molecule has 25 heavy (non-hydrogen) atoms. The molecule has 0 aliphatic carbocycles. The number of hydrogen-bond acceptors (Lipinski definition) is 3. The molecule has 3 rings (SSSR count). The first-order chi connectivity index (χ1) is 11.8. The van der Waals surface area contributed by atoms with E-state index in [1.165, 1.54) is 44.5 Å². The van der Waals surface area contributed by atoms with Crippen molar-refractivity contribution in [1.29, 1.82) is 5.26 Å². The summed E-state index contributed by atoms with van der Waals surface area (Å²) in [6.45, 7) is 6.73. The molecular formula is C19H28IN5. The van der Waals surface area contributed by atoms with E-state index >= 15 is 0 Å². The van der Waals surface area contributed by atoms with E-state index in [0.29, 0.717) is 5.56 Å². The Hall–Kier alpha value is -1.33. The Morgan fingerprint density at radius 3 is 2.60 bits per heavy atom. The van der Waals surface area contributed by atoms with Gasteiger partial charge in [-0.1, -0.05) is 12.1 Å². The molecule has 5 nitrogen and oxygen atoms in total. The van der Waals surface area contributed by atoms with Crippen LogP contribution in [-0.2, 0) is 6.54 Å². The lowest BCUT2D eigenvalue weighted by molar-refractivity contribution is 0.281. The van der Waals surface area contributed by atoms with E-state index in [2.05, 4.69) is 26.2 Å². The van der Waals surface area contributed by atoms with Gasteiger partial charge in [0.15, 0.2) is 5.96 Å². The Morgan fingerprint density at radius 2 is 1.96 bits per heavy atom. The number of nitriles is 1. The molecule has 1 aromatic rings. The molecule has 1 N–H and O–H groups in total. The minimum absolute atomic E-state index is 0.